The predicted octanol–water partition coefficient (Wildman–Crippen LogP) is 4.79. The van der Waals surface area contributed by atoms with E-state index in [-0.39, 0.29) is 0 Å². The quantitative estimate of drug-likeness (QED) is 0.440. The summed E-state index contributed by atoms with van der Waals surface area (Å²) in [6.45, 7) is 6.06. The minimum atomic E-state index is -0.519. The molecule has 5 nitrogen and oxygen atoms in total. The highest BCUT2D eigenvalue weighted by molar-refractivity contribution is 7.99. The summed E-state index contributed by atoms with van der Waals surface area (Å²) in [5.41, 5.74) is 6.59. The van der Waals surface area contributed by atoms with Crippen molar-refractivity contribution >= 4 is 29.2 Å². The summed E-state index contributed by atoms with van der Waals surface area (Å²) >= 11 is 1.65. The molecule has 3 N–H and O–H groups in total. The molecule has 0 saturated heterocycles. The number of rotatable bonds is 6. The lowest BCUT2D eigenvalue weighted by atomic mass is 10.2. The Morgan fingerprint density at radius 1 is 1.16 bits per heavy atom. The number of benzene rings is 2. The summed E-state index contributed by atoms with van der Waals surface area (Å²) in [5.74, 6) is 1.55. The number of nitrogen functional groups attached to an aromatic ring is 1. The fourth-order valence-electron chi connectivity index (χ4n) is 2.01. The number of hydrogen-bond acceptors (Lipinski definition) is 5. The van der Waals surface area contributed by atoms with Gasteiger partial charge in [0.1, 0.15) is 11.4 Å². The van der Waals surface area contributed by atoms with Crippen LogP contribution in [0.2, 0.25) is 0 Å². The highest BCUT2D eigenvalue weighted by Gasteiger charge is 2.16. The first-order chi connectivity index (χ1) is 11.8. The molecule has 2 rings (SSSR count). The van der Waals surface area contributed by atoms with Gasteiger partial charge in [0, 0.05) is 28.1 Å². The van der Waals surface area contributed by atoms with Gasteiger partial charge in [0.25, 0.3) is 0 Å². The maximum Gasteiger partial charge on any atom is 0.412 e. The molecule has 0 saturated carbocycles. The first-order valence-corrected chi connectivity index (χ1v) is 9.01. The normalized spacial score (nSPS) is 11.0. The summed E-state index contributed by atoms with van der Waals surface area (Å²) < 4.78 is 10.9. The molecule has 0 radical (unpaired) electrons. The number of amides is 1. The second-order valence-electron chi connectivity index (χ2n) is 6.42. The van der Waals surface area contributed by atoms with Gasteiger partial charge in [-0.25, -0.2) is 4.79 Å². The van der Waals surface area contributed by atoms with Crippen LogP contribution in [-0.4, -0.2) is 24.1 Å². The zero-order chi connectivity index (χ0) is 18.3. The first kappa shape index (κ1) is 19.0. The molecule has 2 aromatic carbocycles. The van der Waals surface area contributed by atoms with Gasteiger partial charge in [0.15, 0.2) is 0 Å². The lowest BCUT2D eigenvalue weighted by Crippen LogP contribution is -2.27. The molecular weight excluding hydrogens is 336 g/mol. The van der Waals surface area contributed by atoms with E-state index in [2.05, 4.69) is 5.32 Å². The molecule has 0 spiro atoms. The van der Waals surface area contributed by atoms with Crippen molar-refractivity contribution in [3.05, 3.63) is 48.5 Å². The average Bonchev–Trinajstić information content (AvgIpc) is 2.50. The van der Waals surface area contributed by atoms with Crippen molar-refractivity contribution in [1.29, 1.82) is 0 Å². The van der Waals surface area contributed by atoms with Gasteiger partial charge < -0.3 is 15.2 Å². The molecule has 0 bridgehead atoms. The summed E-state index contributed by atoms with van der Waals surface area (Å²) in [5, 5.41) is 2.74. The number of ether oxygens (including phenoxy) is 2. The Morgan fingerprint density at radius 3 is 2.64 bits per heavy atom. The summed E-state index contributed by atoms with van der Waals surface area (Å²) in [6, 6.07) is 15.0. The molecule has 0 aromatic heterocycles. The van der Waals surface area contributed by atoms with Crippen LogP contribution >= 0.6 is 11.8 Å². The summed E-state index contributed by atoms with van der Waals surface area (Å²) in [7, 11) is 0. The van der Waals surface area contributed by atoms with E-state index in [4.69, 9.17) is 15.2 Å². The monoisotopic (exact) mass is 360 g/mol. The molecular formula is C19H24N2O3S. The molecule has 0 heterocycles. The van der Waals surface area contributed by atoms with E-state index in [1.807, 2.05) is 63.2 Å². The van der Waals surface area contributed by atoms with Gasteiger partial charge in [-0.15, -0.1) is 11.8 Å². The van der Waals surface area contributed by atoms with Gasteiger partial charge in [-0.3, -0.25) is 5.32 Å². The largest absolute Gasteiger partial charge is 0.493 e. The average molecular weight is 360 g/mol. The molecule has 0 unspecified atom stereocenters. The number of carbonyl (C=O) groups is 1. The molecule has 1 amide bonds. The molecule has 134 valence electrons. The number of hydrogen-bond donors (Lipinski definition) is 2. The number of anilines is 2. The zero-order valence-electron chi connectivity index (χ0n) is 14.7. The van der Waals surface area contributed by atoms with Gasteiger partial charge in [0.2, 0.25) is 0 Å². The van der Waals surface area contributed by atoms with Gasteiger partial charge in [-0.1, -0.05) is 12.1 Å². The van der Waals surface area contributed by atoms with Crippen LogP contribution in [0.25, 0.3) is 0 Å². The van der Waals surface area contributed by atoms with Crippen molar-refractivity contribution in [3.63, 3.8) is 0 Å². The van der Waals surface area contributed by atoms with Crippen LogP contribution in [0.5, 0.6) is 5.75 Å². The molecule has 0 aliphatic rings. The zero-order valence-corrected chi connectivity index (χ0v) is 15.6. The maximum absolute atomic E-state index is 11.8. The SMILES string of the molecule is CC(C)(C)OC(=O)Nc1cccc(SCCOc2cccc(N)c2)c1. The van der Waals surface area contributed by atoms with Gasteiger partial charge in [-0.2, -0.15) is 0 Å². The first-order valence-electron chi connectivity index (χ1n) is 8.03. The minimum absolute atomic E-state index is 0.459. The third kappa shape index (κ3) is 7.39. The Labute approximate surface area is 152 Å². The van der Waals surface area contributed by atoms with Crippen molar-refractivity contribution in [2.24, 2.45) is 0 Å². The van der Waals surface area contributed by atoms with Crippen LogP contribution in [-0.2, 0) is 4.74 Å². The maximum atomic E-state index is 11.8. The molecule has 6 heteroatoms. The second-order valence-corrected chi connectivity index (χ2v) is 7.59. The molecule has 0 aliphatic carbocycles. The second kappa shape index (κ2) is 8.67. The van der Waals surface area contributed by atoms with Crippen molar-refractivity contribution in [2.75, 3.05) is 23.4 Å². The van der Waals surface area contributed by atoms with Crippen molar-refractivity contribution < 1.29 is 14.3 Å². The highest BCUT2D eigenvalue weighted by atomic mass is 32.2. The fraction of sp³-hybridized carbons (Fsp3) is 0.316. The van der Waals surface area contributed by atoms with E-state index >= 15 is 0 Å². The van der Waals surface area contributed by atoms with Crippen LogP contribution in [0, 0.1) is 0 Å². The fourth-order valence-corrected chi connectivity index (χ4v) is 2.80. The third-order valence-electron chi connectivity index (χ3n) is 2.96. The summed E-state index contributed by atoms with van der Waals surface area (Å²) in [4.78, 5) is 12.9. The van der Waals surface area contributed by atoms with Gasteiger partial charge >= 0.3 is 6.09 Å². The van der Waals surface area contributed by atoms with E-state index < -0.39 is 11.7 Å². The molecule has 0 fully saturated rings. The lowest BCUT2D eigenvalue weighted by molar-refractivity contribution is 0.0636. The Kier molecular flexibility index (Phi) is 6.58. The van der Waals surface area contributed by atoms with E-state index in [9.17, 15) is 4.79 Å². The topological polar surface area (TPSA) is 73.6 Å². The number of nitrogens with two attached hydrogens (primary N) is 1. The smallest absolute Gasteiger partial charge is 0.412 e. The van der Waals surface area contributed by atoms with E-state index in [0.717, 1.165) is 16.4 Å². The third-order valence-corrected chi connectivity index (χ3v) is 3.92. The molecule has 0 atom stereocenters. The van der Waals surface area contributed by atoms with E-state index in [1.165, 1.54) is 0 Å². The van der Waals surface area contributed by atoms with Crippen molar-refractivity contribution in [1.82, 2.24) is 0 Å². The van der Waals surface area contributed by atoms with Gasteiger partial charge in [-0.05, 0) is 51.1 Å². The highest BCUT2D eigenvalue weighted by Crippen LogP contribution is 2.23. The molecule has 2 aromatic rings. The number of thioether (sulfide) groups is 1. The van der Waals surface area contributed by atoms with Crippen molar-refractivity contribution in [3.8, 4) is 5.75 Å². The van der Waals surface area contributed by atoms with Crippen LogP contribution < -0.4 is 15.8 Å². The van der Waals surface area contributed by atoms with Crippen molar-refractivity contribution in [2.45, 2.75) is 31.3 Å². The number of nitrogens with one attached hydrogen (secondary N) is 1. The Bertz CT molecular complexity index is 714. The Hall–Kier alpha value is -2.34. The molecule has 0 aliphatic heterocycles. The van der Waals surface area contributed by atoms with Crippen LogP contribution in [0.1, 0.15) is 20.8 Å². The predicted molar refractivity (Wildman–Crippen MR) is 103 cm³/mol. The van der Waals surface area contributed by atoms with Crippen LogP contribution in [0.15, 0.2) is 53.4 Å². The number of carbonyl (C=O) groups excluding carboxylic acids is 1. The van der Waals surface area contributed by atoms with Crippen LogP contribution in [0.4, 0.5) is 16.2 Å². The Balaban J connectivity index is 1.80. The van der Waals surface area contributed by atoms with Gasteiger partial charge in [0.05, 0.1) is 6.61 Å². The van der Waals surface area contributed by atoms with E-state index in [0.29, 0.717) is 18.0 Å². The van der Waals surface area contributed by atoms with Crippen LogP contribution in [0.3, 0.4) is 0 Å². The summed E-state index contributed by atoms with van der Waals surface area (Å²) in [6.07, 6.45) is -0.459. The van der Waals surface area contributed by atoms with E-state index in [1.54, 1.807) is 17.8 Å². The Morgan fingerprint density at radius 2 is 1.92 bits per heavy atom. The standard InChI is InChI=1S/C19H24N2O3S/c1-19(2,3)24-18(22)21-15-7-5-9-17(13-15)25-11-10-23-16-8-4-6-14(20)12-16/h4-9,12-13H,10-11,20H2,1-3H3,(H,21,22). The minimum Gasteiger partial charge on any atom is -0.493 e. The molecule has 25 heavy (non-hydrogen) atoms. The lowest BCUT2D eigenvalue weighted by Gasteiger charge is -2.19.